The topological polar surface area (TPSA) is 65.7 Å². The zero-order valence-corrected chi connectivity index (χ0v) is 18.0. The van der Waals surface area contributed by atoms with Gasteiger partial charge in [0.2, 0.25) is 5.78 Å². The van der Waals surface area contributed by atoms with Gasteiger partial charge in [-0.1, -0.05) is 6.92 Å². The third-order valence-corrected chi connectivity index (χ3v) is 6.01. The highest BCUT2D eigenvalue weighted by Crippen LogP contribution is 2.48. The van der Waals surface area contributed by atoms with Gasteiger partial charge in [-0.2, -0.15) is 0 Å². The first-order valence-corrected chi connectivity index (χ1v) is 13.0. The molecule has 0 aliphatic heterocycles. The Labute approximate surface area is 162 Å². The Kier molecular flexibility index (Phi) is 7.07. The molecular formula is C21H30O5Si. The molecule has 1 saturated carbocycles. The van der Waals surface area contributed by atoms with Gasteiger partial charge in [-0.15, -0.1) is 0 Å². The van der Waals surface area contributed by atoms with Crippen LogP contribution in [0.3, 0.4) is 0 Å². The van der Waals surface area contributed by atoms with Crippen LogP contribution in [-0.2, 0) is 25.2 Å². The largest absolute Gasteiger partial charge is 0.469 e. The molecule has 0 aromatic carbocycles. The molecule has 6 heteroatoms. The van der Waals surface area contributed by atoms with Gasteiger partial charge < -0.3 is 13.6 Å². The SMILES string of the molecule is CCOC(=O)C#CC(=O)[C@H]1[C@@H](O[Si](C)(C)C)CC[C@@]1(C)CCc1ccco1. The van der Waals surface area contributed by atoms with Crippen molar-refractivity contribution in [3.05, 3.63) is 24.2 Å². The number of rotatable bonds is 7. The lowest BCUT2D eigenvalue weighted by Crippen LogP contribution is -2.41. The number of carbonyl (C=O) groups excluding carboxylic acids is 2. The van der Waals surface area contributed by atoms with Crippen LogP contribution in [0.25, 0.3) is 0 Å². The van der Waals surface area contributed by atoms with E-state index in [1.54, 1.807) is 13.2 Å². The van der Waals surface area contributed by atoms with E-state index in [1.807, 2.05) is 12.1 Å². The van der Waals surface area contributed by atoms with Crippen molar-refractivity contribution in [2.75, 3.05) is 6.61 Å². The van der Waals surface area contributed by atoms with Crippen LogP contribution in [0.1, 0.15) is 38.9 Å². The Morgan fingerprint density at radius 2 is 2.07 bits per heavy atom. The molecule has 0 amide bonds. The monoisotopic (exact) mass is 390 g/mol. The zero-order valence-electron chi connectivity index (χ0n) is 17.0. The van der Waals surface area contributed by atoms with E-state index < -0.39 is 14.3 Å². The average molecular weight is 391 g/mol. The fraction of sp³-hybridized carbons (Fsp3) is 0.619. The molecule has 1 aliphatic rings. The standard InChI is InChI=1S/C21H30O5Si/c1-6-24-19(23)10-9-17(22)20-18(26-27(3,4)5)12-14-21(20,2)13-11-16-8-7-15-25-16/h7-8,15,18,20H,6,11-14H2,1-5H3/t18-,20-,21+/m0/s1. The molecule has 0 unspecified atom stereocenters. The second-order valence-electron chi connectivity index (χ2n) is 8.35. The van der Waals surface area contributed by atoms with Crippen LogP contribution in [0, 0.1) is 23.2 Å². The Morgan fingerprint density at radius 1 is 1.33 bits per heavy atom. The summed E-state index contributed by atoms with van der Waals surface area (Å²) in [6.45, 7) is 10.4. The fourth-order valence-corrected chi connectivity index (χ4v) is 4.97. The molecule has 5 nitrogen and oxygen atoms in total. The number of Topliss-reactive ketones (excluding diaryl/α,β-unsaturated/α-hetero) is 1. The average Bonchev–Trinajstić information content (AvgIpc) is 3.18. The van der Waals surface area contributed by atoms with Gasteiger partial charge >= 0.3 is 5.97 Å². The minimum atomic E-state index is -1.82. The van der Waals surface area contributed by atoms with Crippen molar-refractivity contribution in [3.63, 3.8) is 0 Å². The summed E-state index contributed by atoms with van der Waals surface area (Å²) >= 11 is 0. The number of ketones is 1. The molecule has 0 spiro atoms. The molecule has 1 aromatic heterocycles. The summed E-state index contributed by atoms with van der Waals surface area (Å²) in [5.74, 6) is 4.52. The third kappa shape index (κ3) is 6.08. The molecule has 1 fully saturated rings. The summed E-state index contributed by atoms with van der Waals surface area (Å²) in [6, 6.07) is 3.82. The van der Waals surface area contributed by atoms with E-state index in [4.69, 9.17) is 13.6 Å². The molecule has 0 saturated heterocycles. The predicted octanol–water partition coefficient (Wildman–Crippen LogP) is 3.98. The Hall–Kier alpha value is -1.84. The number of aryl methyl sites for hydroxylation is 1. The van der Waals surface area contributed by atoms with Gasteiger partial charge in [-0.25, -0.2) is 4.79 Å². The fourth-order valence-electron chi connectivity index (χ4n) is 3.81. The minimum absolute atomic E-state index is 0.151. The molecule has 3 atom stereocenters. The van der Waals surface area contributed by atoms with Crippen molar-refractivity contribution in [3.8, 4) is 11.8 Å². The van der Waals surface area contributed by atoms with E-state index in [9.17, 15) is 9.59 Å². The van der Waals surface area contributed by atoms with E-state index in [2.05, 4.69) is 38.4 Å². The summed E-state index contributed by atoms with van der Waals surface area (Å²) in [5.41, 5.74) is -0.239. The van der Waals surface area contributed by atoms with Gasteiger partial charge in [-0.05, 0) is 69.3 Å². The smallest absolute Gasteiger partial charge is 0.384 e. The molecule has 0 bridgehead atoms. The molecular weight excluding hydrogens is 360 g/mol. The zero-order chi connectivity index (χ0) is 20.1. The van der Waals surface area contributed by atoms with Gasteiger partial charge in [0.25, 0.3) is 0 Å². The van der Waals surface area contributed by atoms with Crippen LogP contribution >= 0.6 is 0 Å². The summed E-state index contributed by atoms with van der Waals surface area (Å²) in [7, 11) is -1.82. The summed E-state index contributed by atoms with van der Waals surface area (Å²) in [4.78, 5) is 24.5. The van der Waals surface area contributed by atoms with Crippen LogP contribution in [0.4, 0.5) is 0 Å². The number of esters is 1. The number of hydrogen-bond acceptors (Lipinski definition) is 5. The first-order valence-electron chi connectivity index (χ1n) is 9.57. The van der Waals surface area contributed by atoms with E-state index in [1.165, 1.54) is 0 Å². The van der Waals surface area contributed by atoms with Crippen molar-refractivity contribution in [1.82, 2.24) is 0 Å². The van der Waals surface area contributed by atoms with Crippen LogP contribution < -0.4 is 0 Å². The normalized spacial score (nSPS) is 24.9. The molecule has 1 aliphatic carbocycles. The lowest BCUT2D eigenvalue weighted by Gasteiger charge is -2.34. The minimum Gasteiger partial charge on any atom is -0.469 e. The lowest BCUT2D eigenvalue weighted by atomic mass is 9.73. The van der Waals surface area contributed by atoms with Crippen LogP contribution in [0.15, 0.2) is 22.8 Å². The second-order valence-corrected chi connectivity index (χ2v) is 12.8. The van der Waals surface area contributed by atoms with Crippen molar-refractivity contribution >= 4 is 20.1 Å². The van der Waals surface area contributed by atoms with E-state index in [0.717, 1.165) is 31.4 Å². The molecule has 0 N–H and O–H groups in total. The van der Waals surface area contributed by atoms with Gasteiger partial charge in [-0.3, -0.25) is 4.79 Å². The number of furan rings is 1. The second kappa shape index (κ2) is 8.90. The van der Waals surface area contributed by atoms with Crippen molar-refractivity contribution in [1.29, 1.82) is 0 Å². The van der Waals surface area contributed by atoms with E-state index in [-0.39, 0.29) is 29.8 Å². The van der Waals surface area contributed by atoms with Crippen molar-refractivity contribution in [2.24, 2.45) is 11.3 Å². The molecule has 0 radical (unpaired) electrons. The first-order chi connectivity index (χ1) is 12.6. The Morgan fingerprint density at radius 3 is 2.67 bits per heavy atom. The van der Waals surface area contributed by atoms with Crippen molar-refractivity contribution < 1.29 is 23.2 Å². The van der Waals surface area contributed by atoms with Gasteiger partial charge in [0.15, 0.2) is 8.32 Å². The lowest BCUT2D eigenvalue weighted by molar-refractivity contribution is -0.136. The quantitative estimate of drug-likeness (QED) is 0.232. The van der Waals surface area contributed by atoms with E-state index >= 15 is 0 Å². The molecule has 1 heterocycles. The maximum Gasteiger partial charge on any atom is 0.384 e. The highest BCUT2D eigenvalue weighted by molar-refractivity contribution is 6.69. The molecule has 2 rings (SSSR count). The Balaban J connectivity index is 2.20. The highest BCUT2D eigenvalue weighted by Gasteiger charge is 2.50. The summed E-state index contributed by atoms with van der Waals surface area (Å²) in [6.07, 6.45) is 4.80. The maximum absolute atomic E-state index is 13.0. The number of hydrogen-bond donors (Lipinski definition) is 0. The summed E-state index contributed by atoms with van der Waals surface area (Å²) in [5, 5.41) is 0. The predicted molar refractivity (Wildman–Crippen MR) is 105 cm³/mol. The first kappa shape index (κ1) is 21.5. The van der Waals surface area contributed by atoms with Crippen molar-refractivity contribution in [2.45, 2.75) is 65.3 Å². The highest BCUT2D eigenvalue weighted by atomic mass is 28.4. The number of ether oxygens (including phenoxy) is 1. The third-order valence-electron chi connectivity index (χ3n) is 5.00. The number of carbonyl (C=O) groups is 2. The maximum atomic E-state index is 13.0. The van der Waals surface area contributed by atoms with Crippen LogP contribution in [0.2, 0.25) is 19.6 Å². The van der Waals surface area contributed by atoms with Gasteiger partial charge in [0.05, 0.1) is 24.9 Å². The Bertz CT molecular complexity index is 707. The van der Waals surface area contributed by atoms with Gasteiger partial charge in [0.1, 0.15) is 5.76 Å². The molecule has 148 valence electrons. The van der Waals surface area contributed by atoms with Crippen LogP contribution in [0.5, 0.6) is 0 Å². The summed E-state index contributed by atoms with van der Waals surface area (Å²) < 4.78 is 16.6. The van der Waals surface area contributed by atoms with E-state index in [0.29, 0.717) is 0 Å². The molecule has 27 heavy (non-hydrogen) atoms. The van der Waals surface area contributed by atoms with Gasteiger partial charge in [0, 0.05) is 12.3 Å². The van der Waals surface area contributed by atoms with Crippen LogP contribution in [-0.4, -0.2) is 32.8 Å². The molecule has 1 aromatic rings.